The molecule has 0 bridgehead atoms. The molecule has 1 N–H and O–H groups in total. The van der Waals surface area contributed by atoms with Crippen LogP contribution in [0, 0.1) is 11.7 Å². The van der Waals surface area contributed by atoms with Crippen LogP contribution in [0.5, 0.6) is 0 Å². The lowest BCUT2D eigenvalue weighted by molar-refractivity contribution is -0.120. The van der Waals surface area contributed by atoms with Gasteiger partial charge in [-0.2, -0.15) is 0 Å². The van der Waals surface area contributed by atoms with Crippen LogP contribution in [0.15, 0.2) is 54.6 Å². The van der Waals surface area contributed by atoms with Gasteiger partial charge in [0.1, 0.15) is 11.9 Å². The van der Waals surface area contributed by atoms with Gasteiger partial charge in [-0.25, -0.2) is 4.39 Å². The Kier molecular flexibility index (Phi) is 4.92. The molecule has 1 saturated carbocycles. The third-order valence-corrected chi connectivity index (χ3v) is 5.74. The van der Waals surface area contributed by atoms with Gasteiger partial charge in [0, 0.05) is 17.3 Å². The number of carbonyl (C=O) groups excluding carboxylic acids is 2. The number of nitrogens with one attached hydrogen (secondary N) is 1. The summed E-state index contributed by atoms with van der Waals surface area (Å²) in [6.07, 6.45) is 4.88. The van der Waals surface area contributed by atoms with Gasteiger partial charge in [0.2, 0.25) is 5.91 Å². The molecule has 4 nitrogen and oxygen atoms in total. The number of hydrogen-bond acceptors (Lipinski definition) is 2. The van der Waals surface area contributed by atoms with Gasteiger partial charge in [-0.3, -0.25) is 9.59 Å². The Morgan fingerprint density at radius 3 is 2.56 bits per heavy atom. The van der Waals surface area contributed by atoms with Crippen LogP contribution >= 0.6 is 0 Å². The van der Waals surface area contributed by atoms with Gasteiger partial charge in [-0.1, -0.05) is 37.1 Å². The molecule has 3 unspecified atom stereocenters. The molecule has 27 heavy (non-hydrogen) atoms. The molecule has 0 spiro atoms. The molecule has 3 atom stereocenters. The Morgan fingerprint density at radius 2 is 1.78 bits per heavy atom. The molecule has 4 rings (SSSR count). The van der Waals surface area contributed by atoms with Crippen LogP contribution in [0.4, 0.5) is 10.1 Å². The second-order valence-corrected chi connectivity index (χ2v) is 7.44. The molecule has 140 valence electrons. The van der Waals surface area contributed by atoms with E-state index in [1.165, 1.54) is 12.1 Å². The van der Waals surface area contributed by atoms with E-state index in [1.807, 2.05) is 18.2 Å². The standard InChI is InChI=1S/C22H23FN2O2/c23-17-10-6-11-18(14-17)24-21(26)20-13-16-9-4-5-12-19(16)25(20)22(27)15-7-2-1-3-8-15/h1-3,6-8,10-11,14,16,19-20H,4-5,9,12-13H2,(H,24,26). The van der Waals surface area contributed by atoms with Gasteiger partial charge in [0.15, 0.2) is 0 Å². The Balaban J connectivity index is 1.60. The van der Waals surface area contributed by atoms with Crippen molar-refractivity contribution in [3.05, 3.63) is 66.0 Å². The first kappa shape index (κ1) is 17.7. The Hall–Kier alpha value is -2.69. The third kappa shape index (κ3) is 3.59. The van der Waals surface area contributed by atoms with Crippen molar-refractivity contribution in [2.24, 2.45) is 5.92 Å². The summed E-state index contributed by atoms with van der Waals surface area (Å²) in [5.74, 6) is -0.372. The summed E-state index contributed by atoms with van der Waals surface area (Å²) in [6.45, 7) is 0. The second-order valence-electron chi connectivity index (χ2n) is 7.44. The van der Waals surface area contributed by atoms with Gasteiger partial charge < -0.3 is 10.2 Å². The van der Waals surface area contributed by atoms with Crippen LogP contribution in [-0.2, 0) is 4.79 Å². The molecule has 0 radical (unpaired) electrons. The number of benzene rings is 2. The van der Waals surface area contributed by atoms with Gasteiger partial charge in [0.05, 0.1) is 0 Å². The van der Waals surface area contributed by atoms with Crippen LogP contribution in [0.3, 0.4) is 0 Å². The molecule has 1 aliphatic heterocycles. The van der Waals surface area contributed by atoms with Crippen LogP contribution in [-0.4, -0.2) is 28.8 Å². The molecule has 5 heteroatoms. The quantitative estimate of drug-likeness (QED) is 0.883. The molecule has 2 aromatic carbocycles. The number of amides is 2. The topological polar surface area (TPSA) is 49.4 Å². The predicted molar refractivity (Wildman–Crippen MR) is 102 cm³/mol. The zero-order chi connectivity index (χ0) is 18.8. The first-order valence-electron chi connectivity index (χ1n) is 9.57. The van der Waals surface area contributed by atoms with Crippen molar-refractivity contribution in [2.75, 3.05) is 5.32 Å². The highest BCUT2D eigenvalue weighted by atomic mass is 19.1. The minimum absolute atomic E-state index is 0.0932. The number of hydrogen-bond donors (Lipinski definition) is 1. The zero-order valence-electron chi connectivity index (χ0n) is 15.1. The van der Waals surface area contributed by atoms with Crippen molar-refractivity contribution in [3.63, 3.8) is 0 Å². The summed E-state index contributed by atoms with van der Waals surface area (Å²) in [5, 5.41) is 2.80. The number of nitrogens with zero attached hydrogens (tertiary/aromatic N) is 1. The average molecular weight is 366 g/mol. The highest BCUT2D eigenvalue weighted by Gasteiger charge is 2.47. The van der Waals surface area contributed by atoms with Crippen LogP contribution in [0.25, 0.3) is 0 Å². The molecule has 2 amide bonds. The number of fused-ring (bicyclic) bond motifs is 1. The lowest BCUT2D eigenvalue weighted by Gasteiger charge is -2.33. The van der Waals surface area contributed by atoms with E-state index in [4.69, 9.17) is 0 Å². The van der Waals surface area contributed by atoms with Crippen LogP contribution < -0.4 is 5.32 Å². The van der Waals surface area contributed by atoms with Crippen molar-refractivity contribution in [3.8, 4) is 0 Å². The first-order chi connectivity index (χ1) is 13.1. The van der Waals surface area contributed by atoms with E-state index >= 15 is 0 Å². The second kappa shape index (κ2) is 7.51. The minimum atomic E-state index is -0.519. The van der Waals surface area contributed by atoms with E-state index in [2.05, 4.69) is 5.32 Å². The van der Waals surface area contributed by atoms with E-state index < -0.39 is 11.9 Å². The number of halogens is 1. The Morgan fingerprint density at radius 1 is 1.00 bits per heavy atom. The summed E-state index contributed by atoms with van der Waals surface area (Å²) in [5.41, 5.74) is 1.02. The highest BCUT2D eigenvalue weighted by Crippen LogP contribution is 2.40. The van der Waals surface area contributed by atoms with Gasteiger partial charge in [-0.05, 0) is 55.5 Å². The largest absolute Gasteiger partial charge is 0.324 e. The molecular formula is C22H23FN2O2. The normalized spacial score (nSPS) is 24.3. The van der Waals surface area contributed by atoms with Gasteiger partial charge in [0.25, 0.3) is 5.91 Å². The van der Waals surface area contributed by atoms with Crippen molar-refractivity contribution < 1.29 is 14.0 Å². The molecule has 2 aliphatic rings. The Labute approximate surface area is 158 Å². The fourth-order valence-corrected chi connectivity index (χ4v) is 4.51. The van der Waals surface area contributed by atoms with E-state index in [0.717, 1.165) is 25.7 Å². The molecule has 0 aromatic heterocycles. The first-order valence-corrected chi connectivity index (χ1v) is 9.57. The minimum Gasteiger partial charge on any atom is -0.324 e. The van der Waals surface area contributed by atoms with Crippen molar-refractivity contribution in [1.29, 1.82) is 0 Å². The fraction of sp³-hybridized carbons (Fsp3) is 0.364. The Bertz CT molecular complexity index is 839. The molecule has 2 fully saturated rings. The smallest absolute Gasteiger partial charge is 0.254 e. The van der Waals surface area contributed by atoms with Gasteiger partial charge in [-0.15, -0.1) is 0 Å². The van der Waals surface area contributed by atoms with E-state index in [-0.39, 0.29) is 17.9 Å². The van der Waals surface area contributed by atoms with E-state index in [1.54, 1.807) is 29.2 Å². The van der Waals surface area contributed by atoms with Crippen molar-refractivity contribution in [2.45, 2.75) is 44.2 Å². The van der Waals surface area contributed by atoms with Crippen LogP contribution in [0.2, 0.25) is 0 Å². The predicted octanol–water partition coefficient (Wildman–Crippen LogP) is 4.24. The number of carbonyl (C=O) groups is 2. The summed E-state index contributed by atoms with van der Waals surface area (Å²) in [6, 6.07) is 14.6. The van der Waals surface area contributed by atoms with Crippen molar-refractivity contribution >= 4 is 17.5 Å². The van der Waals surface area contributed by atoms with E-state index in [9.17, 15) is 14.0 Å². The average Bonchev–Trinajstić information content (AvgIpc) is 3.08. The maximum Gasteiger partial charge on any atom is 0.254 e. The number of rotatable bonds is 3. The molecular weight excluding hydrogens is 343 g/mol. The maximum atomic E-state index is 13.4. The number of anilines is 1. The van der Waals surface area contributed by atoms with E-state index in [0.29, 0.717) is 23.6 Å². The summed E-state index contributed by atoms with van der Waals surface area (Å²) < 4.78 is 13.4. The third-order valence-electron chi connectivity index (χ3n) is 5.74. The molecule has 1 heterocycles. The van der Waals surface area contributed by atoms with Crippen molar-refractivity contribution in [1.82, 2.24) is 4.90 Å². The molecule has 1 aliphatic carbocycles. The highest BCUT2D eigenvalue weighted by molar-refractivity contribution is 6.01. The lowest BCUT2D eigenvalue weighted by atomic mass is 9.84. The zero-order valence-corrected chi connectivity index (χ0v) is 15.1. The maximum absolute atomic E-state index is 13.4. The summed E-state index contributed by atoms with van der Waals surface area (Å²) >= 11 is 0. The summed E-state index contributed by atoms with van der Waals surface area (Å²) in [7, 11) is 0. The monoisotopic (exact) mass is 366 g/mol. The fourth-order valence-electron chi connectivity index (χ4n) is 4.51. The SMILES string of the molecule is O=C(Nc1cccc(F)c1)C1CC2CCCCC2N1C(=O)c1ccccc1. The molecule has 2 aromatic rings. The number of likely N-dealkylation sites (tertiary alicyclic amines) is 1. The lowest BCUT2D eigenvalue weighted by Crippen LogP contribution is -2.47. The van der Waals surface area contributed by atoms with Crippen LogP contribution in [0.1, 0.15) is 42.5 Å². The molecule has 1 saturated heterocycles. The van der Waals surface area contributed by atoms with Gasteiger partial charge >= 0.3 is 0 Å². The summed E-state index contributed by atoms with van der Waals surface area (Å²) in [4.78, 5) is 28.0.